The van der Waals surface area contributed by atoms with Crippen LogP contribution in [0.1, 0.15) is 46.0 Å². The predicted molar refractivity (Wildman–Crippen MR) is 62.5 cm³/mol. The first-order valence-electron chi connectivity index (χ1n) is 6.14. The van der Waals surface area contributed by atoms with Crippen molar-refractivity contribution in [3.8, 4) is 0 Å². The summed E-state index contributed by atoms with van der Waals surface area (Å²) in [5.41, 5.74) is 5.52. The van der Waals surface area contributed by atoms with Gasteiger partial charge in [0.05, 0.1) is 0 Å². The first-order chi connectivity index (χ1) is 7.15. The van der Waals surface area contributed by atoms with Gasteiger partial charge in [0.2, 0.25) is 5.91 Å². The fraction of sp³-hybridized carbons (Fsp3) is 0.917. The Morgan fingerprint density at radius 1 is 1.40 bits per heavy atom. The third-order valence-corrected chi connectivity index (χ3v) is 3.25. The molecule has 1 saturated carbocycles. The fourth-order valence-electron chi connectivity index (χ4n) is 2.39. The number of hydrogen-bond donors (Lipinski definition) is 1. The molecule has 88 valence electrons. The molecule has 0 bridgehead atoms. The molecule has 1 amide bonds. The van der Waals surface area contributed by atoms with Crippen LogP contribution in [0.15, 0.2) is 0 Å². The van der Waals surface area contributed by atoms with Gasteiger partial charge in [-0.15, -0.1) is 0 Å². The van der Waals surface area contributed by atoms with E-state index >= 15 is 0 Å². The van der Waals surface area contributed by atoms with E-state index in [1.54, 1.807) is 0 Å². The summed E-state index contributed by atoms with van der Waals surface area (Å²) in [4.78, 5) is 13.9. The molecule has 0 atom stereocenters. The van der Waals surface area contributed by atoms with Gasteiger partial charge in [0.1, 0.15) is 0 Å². The molecular weight excluding hydrogens is 188 g/mol. The summed E-state index contributed by atoms with van der Waals surface area (Å²) >= 11 is 0. The van der Waals surface area contributed by atoms with Crippen molar-refractivity contribution in [1.29, 1.82) is 0 Å². The third kappa shape index (κ3) is 3.82. The van der Waals surface area contributed by atoms with E-state index in [0.717, 1.165) is 6.42 Å². The SMILES string of the molecule is CC(C)N(CCN)C(=O)CC1CCCC1. The maximum Gasteiger partial charge on any atom is 0.223 e. The van der Waals surface area contributed by atoms with E-state index in [9.17, 15) is 4.79 Å². The summed E-state index contributed by atoms with van der Waals surface area (Å²) in [6.45, 7) is 5.38. The molecule has 1 rings (SSSR count). The molecule has 1 aliphatic rings. The van der Waals surface area contributed by atoms with E-state index in [4.69, 9.17) is 5.73 Å². The highest BCUT2D eigenvalue weighted by Crippen LogP contribution is 2.28. The minimum atomic E-state index is 0.280. The fourth-order valence-corrected chi connectivity index (χ4v) is 2.39. The number of amides is 1. The number of nitrogens with zero attached hydrogens (tertiary/aromatic N) is 1. The zero-order valence-corrected chi connectivity index (χ0v) is 10.0. The van der Waals surface area contributed by atoms with Gasteiger partial charge in [0.15, 0.2) is 0 Å². The van der Waals surface area contributed by atoms with Crippen molar-refractivity contribution >= 4 is 5.91 Å². The second-order valence-electron chi connectivity index (χ2n) is 4.82. The monoisotopic (exact) mass is 212 g/mol. The Kier molecular flexibility index (Phi) is 5.09. The highest BCUT2D eigenvalue weighted by molar-refractivity contribution is 5.76. The van der Waals surface area contributed by atoms with E-state index in [0.29, 0.717) is 24.9 Å². The summed E-state index contributed by atoms with van der Waals surface area (Å²) in [5, 5.41) is 0. The first-order valence-corrected chi connectivity index (χ1v) is 6.14. The molecule has 0 unspecified atom stereocenters. The number of nitrogens with two attached hydrogens (primary N) is 1. The lowest BCUT2D eigenvalue weighted by atomic mass is 10.0. The summed E-state index contributed by atoms with van der Waals surface area (Å²) < 4.78 is 0. The smallest absolute Gasteiger partial charge is 0.223 e. The molecule has 0 aromatic carbocycles. The van der Waals surface area contributed by atoms with Crippen LogP contribution >= 0.6 is 0 Å². The minimum absolute atomic E-state index is 0.280. The second kappa shape index (κ2) is 6.11. The Hall–Kier alpha value is -0.570. The second-order valence-corrected chi connectivity index (χ2v) is 4.82. The van der Waals surface area contributed by atoms with Crippen LogP contribution in [0.3, 0.4) is 0 Å². The number of rotatable bonds is 5. The minimum Gasteiger partial charge on any atom is -0.339 e. The Morgan fingerprint density at radius 3 is 2.47 bits per heavy atom. The summed E-state index contributed by atoms with van der Waals surface area (Å²) in [7, 11) is 0. The van der Waals surface area contributed by atoms with Gasteiger partial charge in [0.25, 0.3) is 0 Å². The molecule has 0 aromatic heterocycles. The van der Waals surface area contributed by atoms with Crippen LogP contribution in [0, 0.1) is 5.92 Å². The molecule has 3 heteroatoms. The standard InChI is InChI=1S/C12H24N2O/c1-10(2)14(8-7-13)12(15)9-11-5-3-4-6-11/h10-11H,3-9,13H2,1-2H3. The molecule has 15 heavy (non-hydrogen) atoms. The molecule has 1 aliphatic carbocycles. The quantitative estimate of drug-likeness (QED) is 0.755. The lowest BCUT2D eigenvalue weighted by molar-refractivity contribution is -0.133. The van der Waals surface area contributed by atoms with Crippen LogP contribution in [0.2, 0.25) is 0 Å². The van der Waals surface area contributed by atoms with Gasteiger partial charge in [0, 0.05) is 25.6 Å². The Morgan fingerprint density at radius 2 is 2.00 bits per heavy atom. The number of hydrogen-bond acceptors (Lipinski definition) is 2. The van der Waals surface area contributed by atoms with E-state index in [-0.39, 0.29) is 6.04 Å². The van der Waals surface area contributed by atoms with Crippen molar-refractivity contribution in [3.63, 3.8) is 0 Å². The van der Waals surface area contributed by atoms with Crippen molar-refractivity contribution in [1.82, 2.24) is 4.90 Å². The third-order valence-electron chi connectivity index (χ3n) is 3.25. The van der Waals surface area contributed by atoms with Crippen molar-refractivity contribution in [2.45, 2.75) is 52.0 Å². The molecule has 0 aromatic rings. The molecule has 0 saturated heterocycles. The topological polar surface area (TPSA) is 46.3 Å². The molecule has 0 radical (unpaired) electrons. The zero-order chi connectivity index (χ0) is 11.3. The molecule has 0 aliphatic heterocycles. The van der Waals surface area contributed by atoms with Crippen molar-refractivity contribution in [2.75, 3.05) is 13.1 Å². The molecule has 1 fully saturated rings. The van der Waals surface area contributed by atoms with Crippen LogP contribution < -0.4 is 5.73 Å². The van der Waals surface area contributed by atoms with Gasteiger partial charge in [-0.3, -0.25) is 4.79 Å². The Balaban J connectivity index is 2.40. The highest BCUT2D eigenvalue weighted by atomic mass is 16.2. The van der Waals surface area contributed by atoms with Crippen molar-refractivity contribution in [3.05, 3.63) is 0 Å². The molecular formula is C12H24N2O. The van der Waals surface area contributed by atoms with E-state index < -0.39 is 0 Å². The Labute approximate surface area is 93.0 Å². The van der Waals surface area contributed by atoms with Crippen molar-refractivity contribution < 1.29 is 4.79 Å². The lowest BCUT2D eigenvalue weighted by Crippen LogP contribution is -2.40. The highest BCUT2D eigenvalue weighted by Gasteiger charge is 2.22. The van der Waals surface area contributed by atoms with Gasteiger partial charge in [-0.25, -0.2) is 0 Å². The van der Waals surface area contributed by atoms with Gasteiger partial charge < -0.3 is 10.6 Å². The maximum atomic E-state index is 12.0. The van der Waals surface area contributed by atoms with Gasteiger partial charge in [-0.1, -0.05) is 12.8 Å². The lowest BCUT2D eigenvalue weighted by Gasteiger charge is -2.27. The van der Waals surface area contributed by atoms with Crippen LogP contribution in [0.25, 0.3) is 0 Å². The maximum absolute atomic E-state index is 12.0. The number of carbonyl (C=O) groups excluding carboxylic acids is 1. The van der Waals surface area contributed by atoms with E-state index in [2.05, 4.69) is 13.8 Å². The summed E-state index contributed by atoms with van der Waals surface area (Å²) in [6.07, 6.45) is 5.81. The summed E-state index contributed by atoms with van der Waals surface area (Å²) in [6, 6.07) is 0.280. The van der Waals surface area contributed by atoms with Crippen LogP contribution in [0.5, 0.6) is 0 Å². The summed E-state index contributed by atoms with van der Waals surface area (Å²) in [5.74, 6) is 0.930. The van der Waals surface area contributed by atoms with Crippen LogP contribution in [-0.4, -0.2) is 29.9 Å². The molecule has 2 N–H and O–H groups in total. The zero-order valence-electron chi connectivity index (χ0n) is 10.0. The van der Waals surface area contributed by atoms with Gasteiger partial charge in [-0.05, 0) is 32.6 Å². The Bertz CT molecular complexity index is 198. The van der Waals surface area contributed by atoms with Gasteiger partial charge in [-0.2, -0.15) is 0 Å². The van der Waals surface area contributed by atoms with Gasteiger partial charge >= 0.3 is 0 Å². The van der Waals surface area contributed by atoms with Crippen LogP contribution in [-0.2, 0) is 4.79 Å². The van der Waals surface area contributed by atoms with Crippen LogP contribution in [0.4, 0.5) is 0 Å². The van der Waals surface area contributed by atoms with Crippen molar-refractivity contribution in [2.24, 2.45) is 11.7 Å². The number of carbonyl (C=O) groups is 1. The average Bonchev–Trinajstić information content (AvgIpc) is 2.65. The molecule has 3 nitrogen and oxygen atoms in total. The molecule has 0 spiro atoms. The van der Waals surface area contributed by atoms with E-state index in [1.165, 1.54) is 25.7 Å². The normalized spacial score (nSPS) is 17.3. The average molecular weight is 212 g/mol. The molecule has 0 heterocycles. The first kappa shape index (κ1) is 12.5. The predicted octanol–water partition coefficient (Wildman–Crippen LogP) is 1.76. The van der Waals surface area contributed by atoms with E-state index in [1.807, 2.05) is 4.90 Å². The largest absolute Gasteiger partial charge is 0.339 e.